The molecule has 2 atom stereocenters. The minimum atomic E-state index is -0.340. The molecule has 0 heterocycles. The molecule has 2 unspecified atom stereocenters. The maximum atomic E-state index is 13.4. The number of benzene rings is 2. The van der Waals surface area contributed by atoms with E-state index in [9.17, 15) is 4.39 Å². The zero-order valence-corrected chi connectivity index (χ0v) is 12.9. The average Bonchev–Trinajstić information content (AvgIpc) is 2.48. The van der Waals surface area contributed by atoms with Gasteiger partial charge in [0, 0.05) is 17.1 Å². The quantitative estimate of drug-likeness (QED) is 0.873. The van der Waals surface area contributed by atoms with Crippen LogP contribution in [0.1, 0.15) is 30.6 Å². The third kappa shape index (κ3) is 3.96. The van der Waals surface area contributed by atoms with Crippen LogP contribution in [0.15, 0.2) is 42.5 Å². The topological polar surface area (TPSA) is 35.2 Å². The smallest absolute Gasteiger partial charge is 0.139 e. The predicted octanol–water partition coefficient (Wildman–Crippen LogP) is 4.64. The van der Waals surface area contributed by atoms with Crippen LogP contribution in [-0.2, 0) is 0 Å². The summed E-state index contributed by atoms with van der Waals surface area (Å²) < 4.78 is 19.4. The summed E-state index contributed by atoms with van der Waals surface area (Å²) in [4.78, 5) is 0. The molecule has 2 aromatic carbocycles. The minimum Gasteiger partial charge on any atom is -0.484 e. The fourth-order valence-electron chi connectivity index (χ4n) is 2.11. The molecule has 0 bridgehead atoms. The van der Waals surface area contributed by atoms with Crippen LogP contribution >= 0.6 is 11.6 Å². The summed E-state index contributed by atoms with van der Waals surface area (Å²) in [5.74, 6) is 0.189. The number of nitrogens with two attached hydrogens (primary N) is 1. The van der Waals surface area contributed by atoms with Crippen LogP contribution in [0.4, 0.5) is 4.39 Å². The van der Waals surface area contributed by atoms with Crippen molar-refractivity contribution in [1.29, 1.82) is 0 Å². The Bertz CT molecular complexity index is 600. The molecule has 2 aromatic rings. The number of aryl methyl sites for hydroxylation is 1. The fourth-order valence-corrected chi connectivity index (χ4v) is 2.23. The fraction of sp³-hybridized carbons (Fsp3) is 0.294. The summed E-state index contributed by atoms with van der Waals surface area (Å²) in [7, 11) is 0. The van der Waals surface area contributed by atoms with E-state index in [2.05, 4.69) is 0 Å². The Labute approximate surface area is 129 Å². The van der Waals surface area contributed by atoms with E-state index in [1.54, 1.807) is 18.2 Å². The Morgan fingerprint density at radius 1 is 1.19 bits per heavy atom. The van der Waals surface area contributed by atoms with E-state index in [-0.39, 0.29) is 18.0 Å². The highest BCUT2D eigenvalue weighted by molar-refractivity contribution is 6.30. The van der Waals surface area contributed by atoms with Crippen LogP contribution in [0.3, 0.4) is 0 Å². The Morgan fingerprint density at radius 2 is 1.86 bits per heavy atom. The first kappa shape index (κ1) is 15.8. The number of ether oxygens (including phenoxy) is 1. The number of halogens is 2. The first-order valence-electron chi connectivity index (χ1n) is 6.95. The molecular weight excluding hydrogens is 289 g/mol. The van der Waals surface area contributed by atoms with Crippen molar-refractivity contribution in [3.8, 4) is 5.75 Å². The van der Waals surface area contributed by atoms with E-state index < -0.39 is 0 Å². The summed E-state index contributed by atoms with van der Waals surface area (Å²) >= 11 is 5.91. The average molecular weight is 308 g/mol. The van der Waals surface area contributed by atoms with Crippen LogP contribution in [0.2, 0.25) is 5.02 Å². The van der Waals surface area contributed by atoms with Crippen LogP contribution < -0.4 is 10.5 Å². The van der Waals surface area contributed by atoms with E-state index in [4.69, 9.17) is 22.1 Å². The van der Waals surface area contributed by atoms with Gasteiger partial charge in [0.05, 0.1) is 0 Å². The normalized spacial score (nSPS) is 13.8. The van der Waals surface area contributed by atoms with Crippen molar-refractivity contribution in [2.75, 3.05) is 0 Å². The molecule has 0 fully saturated rings. The maximum Gasteiger partial charge on any atom is 0.139 e. The molecule has 4 heteroatoms. The molecule has 21 heavy (non-hydrogen) atoms. The van der Waals surface area contributed by atoms with Crippen molar-refractivity contribution in [3.05, 3.63) is 64.4 Å². The molecule has 2 rings (SSSR count). The van der Waals surface area contributed by atoms with Gasteiger partial charge in [-0.15, -0.1) is 0 Å². The monoisotopic (exact) mass is 307 g/mol. The van der Waals surface area contributed by atoms with Gasteiger partial charge >= 0.3 is 0 Å². The van der Waals surface area contributed by atoms with Gasteiger partial charge < -0.3 is 10.5 Å². The Morgan fingerprint density at radius 3 is 2.48 bits per heavy atom. The number of hydrogen-bond donors (Lipinski definition) is 1. The van der Waals surface area contributed by atoms with E-state index in [1.165, 1.54) is 12.1 Å². The molecule has 2 N–H and O–H groups in total. The first-order valence-corrected chi connectivity index (χ1v) is 7.33. The first-order chi connectivity index (χ1) is 10.0. The highest BCUT2D eigenvalue weighted by atomic mass is 35.5. The number of rotatable bonds is 5. The van der Waals surface area contributed by atoms with Crippen LogP contribution in [0, 0.1) is 12.7 Å². The van der Waals surface area contributed by atoms with E-state index in [0.29, 0.717) is 10.8 Å². The van der Waals surface area contributed by atoms with Crippen LogP contribution in [0.25, 0.3) is 0 Å². The van der Waals surface area contributed by atoms with E-state index >= 15 is 0 Å². The lowest BCUT2D eigenvalue weighted by Gasteiger charge is -2.25. The third-order valence-electron chi connectivity index (χ3n) is 3.46. The molecular formula is C17H19ClFNO. The lowest BCUT2D eigenvalue weighted by Crippen LogP contribution is -2.31. The lowest BCUT2D eigenvalue weighted by molar-refractivity contribution is 0.169. The van der Waals surface area contributed by atoms with Gasteiger partial charge in [0.2, 0.25) is 0 Å². The van der Waals surface area contributed by atoms with Crippen LogP contribution in [-0.4, -0.2) is 6.04 Å². The third-order valence-corrected chi connectivity index (χ3v) is 3.71. The lowest BCUT2D eigenvalue weighted by atomic mass is 10.0. The molecule has 0 spiro atoms. The molecule has 0 aliphatic rings. The molecule has 0 aliphatic carbocycles. The summed E-state index contributed by atoms with van der Waals surface area (Å²) in [6.45, 7) is 3.88. The van der Waals surface area contributed by atoms with Crippen molar-refractivity contribution >= 4 is 11.6 Å². The second kappa shape index (κ2) is 6.92. The SMILES string of the molecule is CCC(N)C(Oc1cc(F)ccc1C)c1ccc(Cl)cc1. The van der Waals surface area contributed by atoms with Gasteiger partial charge in [-0.25, -0.2) is 4.39 Å². The highest BCUT2D eigenvalue weighted by Crippen LogP contribution is 2.29. The summed E-state index contributed by atoms with van der Waals surface area (Å²) in [5, 5.41) is 0.657. The van der Waals surface area contributed by atoms with Crippen LogP contribution in [0.5, 0.6) is 5.75 Å². The molecule has 0 saturated carbocycles. The predicted molar refractivity (Wildman–Crippen MR) is 84.2 cm³/mol. The zero-order chi connectivity index (χ0) is 15.4. The molecule has 0 saturated heterocycles. The molecule has 2 nitrogen and oxygen atoms in total. The maximum absolute atomic E-state index is 13.4. The van der Waals surface area contributed by atoms with Gasteiger partial charge in [-0.3, -0.25) is 0 Å². The Balaban J connectivity index is 2.32. The van der Waals surface area contributed by atoms with Crippen molar-refractivity contribution in [2.24, 2.45) is 5.73 Å². The molecule has 0 radical (unpaired) electrons. The van der Waals surface area contributed by atoms with E-state index in [1.807, 2.05) is 26.0 Å². The number of hydrogen-bond acceptors (Lipinski definition) is 2. The van der Waals surface area contributed by atoms with Gasteiger partial charge in [-0.05, 0) is 42.7 Å². The summed E-state index contributed by atoms with van der Waals surface area (Å²) in [5.41, 5.74) is 7.97. The van der Waals surface area contributed by atoms with Crippen molar-refractivity contribution in [1.82, 2.24) is 0 Å². The van der Waals surface area contributed by atoms with E-state index in [0.717, 1.165) is 17.5 Å². The standard InChI is InChI=1S/C17H19ClFNO/c1-3-15(20)17(12-5-7-13(18)8-6-12)21-16-10-14(19)9-4-11(16)2/h4-10,15,17H,3,20H2,1-2H3. The second-order valence-electron chi connectivity index (χ2n) is 5.07. The summed E-state index contributed by atoms with van der Waals surface area (Å²) in [6, 6.07) is 11.7. The Kier molecular flexibility index (Phi) is 5.21. The van der Waals surface area contributed by atoms with Crippen molar-refractivity contribution in [3.63, 3.8) is 0 Å². The molecule has 112 valence electrons. The highest BCUT2D eigenvalue weighted by Gasteiger charge is 2.21. The molecule has 0 aliphatic heterocycles. The largest absolute Gasteiger partial charge is 0.484 e. The van der Waals surface area contributed by atoms with Gasteiger partial charge in [0.1, 0.15) is 17.7 Å². The zero-order valence-electron chi connectivity index (χ0n) is 12.1. The molecule has 0 amide bonds. The van der Waals surface area contributed by atoms with Gasteiger partial charge in [-0.1, -0.05) is 36.7 Å². The minimum absolute atomic E-state index is 0.186. The van der Waals surface area contributed by atoms with Gasteiger partial charge in [-0.2, -0.15) is 0 Å². The van der Waals surface area contributed by atoms with Crippen molar-refractivity contribution in [2.45, 2.75) is 32.4 Å². The van der Waals surface area contributed by atoms with Crippen molar-refractivity contribution < 1.29 is 9.13 Å². The van der Waals surface area contributed by atoms with Gasteiger partial charge in [0.15, 0.2) is 0 Å². The second-order valence-corrected chi connectivity index (χ2v) is 5.51. The summed E-state index contributed by atoms with van der Waals surface area (Å²) in [6.07, 6.45) is 0.412. The van der Waals surface area contributed by atoms with Gasteiger partial charge in [0.25, 0.3) is 0 Å². The molecule has 0 aromatic heterocycles. The Hall–Kier alpha value is -1.58.